The molecule has 0 saturated heterocycles. The molecule has 0 bridgehead atoms. The van der Waals surface area contributed by atoms with E-state index in [1.807, 2.05) is 31.2 Å². The fourth-order valence-electron chi connectivity index (χ4n) is 2.46. The number of aliphatic hydroxyl groups is 1. The molecule has 1 aromatic heterocycles. The lowest BCUT2D eigenvalue weighted by molar-refractivity contribution is -0.119. The maximum Gasteiger partial charge on any atom is 0.230 e. The molecule has 6 heteroatoms. The van der Waals surface area contributed by atoms with Crippen LogP contribution < -0.4 is 5.32 Å². The maximum atomic E-state index is 12.0. The number of amides is 1. The zero-order valence-corrected chi connectivity index (χ0v) is 14.7. The predicted molar refractivity (Wildman–Crippen MR) is 95.4 cm³/mol. The Morgan fingerprint density at radius 3 is 2.74 bits per heavy atom. The van der Waals surface area contributed by atoms with Crippen molar-refractivity contribution in [1.29, 1.82) is 0 Å². The number of aromatic amines is 1. The monoisotopic (exact) mass is 335 g/mol. The third-order valence-corrected chi connectivity index (χ3v) is 4.75. The molecular weight excluding hydrogens is 310 g/mol. The Morgan fingerprint density at radius 2 is 2.09 bits per heavy atom. The number of rotatable bonds is 8. The van der Waals surface area contributed by atoms with Crippen molar-refractivity contribution in [3.05, 3.63) is 30.1 Å². The summed E-state index contributed by atoms with van der Waals surface area (Å²) in [4.78, 5) is 19.9. The van der Waals surface area contributed by atoms with Crippen LogP contribution >= 0.6 is 11.8 Å². The summed E-state index contributed by atoms with van der Waals surface area (Å²) in [5.41, 5.74) is 1.95. The van der Waals surface area contributed by atoms with Crippen LogP contribution in [0.2, 0.25) is 0 Å². The molecule has 1 heterocycles. The van der Waals surface area contributed by atoms with Crippen LogP contribution in [-0.2, 0) is 4.79 Å². The van der Waals surface area contributed by atoms with Gasteiger partial charge in [0.25, 0.3) is 0 Å². The van der Waals surface area contributed by atoms with Crippen LogP contribution in [0.4, 0.5) is 0 Å². The first-order valence-corrected chi connectivity index (χ1v) is 9.01. The maximum absolute atomic E-state index is 12.0. The molecule has 2 aromatic rings. The summed E-state index contributed by atoms with van der Waals surface area (Å²) in [6, 6.07) is 7.73. The number of nitrogens with zero attached hydrogens (tertiary/aromatic N) is 1. The molecular formula is C17H25N3O2S. The highest BCUT2D eigenvalue weighted by Gasteiger charge is 2.16. The van der Waals surface area contributed by atoms with Gasteiger partial charge >= 0.3 is 0 Å². The van der Waals surface area contributed by atoms with Crippen molar-refractivity contribution in [2.75, 3.05) is 12.4 Å². The van der Waals surface area contributed by atoms with Gasteiger partial charge in [-0.25, -0.2) is 4.98 Å². The van der Waals surface area contributed by atoms with Gasteiger partial charge in [-0.1, -0.05) is 26.0 Å². The number of carbonyl (C=O) groups excluding carboxylic acids is 1. The third-order valence-electron chi connectivity index (χ3n) is 3.60. The molecule has 2 rings (SSSR count). The highest BCUT2D eigenvalue weighted by molar-refractivity contribution is 8.00. The highest BCUT2D eigenvalue weighted by atomic mass is 32.2. The third kappa shape index (κ3) is 5.25. The zero-order chi connectivity index (χ0) is 16.8. The van der Waals surface area contributed by atoms with Gasteiger partial charge in [0.2, 0.25) is 5.91 Å². The number of fused-ring (bicyclic) bond motifs is 1. The van der Waals surface area contributed by atoms with Crippen LogP contribution in [0, 0.1) is 5.92 Å². The quantitative estimate of drug-likeness (QED) is 0.693. The van der Waals surface area contributed by atoms with Crippen molar-refractivity contribution in [2.24, 2.45) is 5.92 Å². The standard InChI is InChI=1S/C17H25N3O2S/c1-11(2)8-13(9-21)18-16(22)10-23-12(3)17-19-14-6-4-5-7-15(14)20-17/h4-7,11-13,21H,8-10H2,1-3H3,(H,18,22)(H,19,20). The number of carbonyl (C=O) groups is 1. The van der Waals surface area contributed by atoms with Crippen molar-refractivity contribution < 1.29 is 9.90 Å². The average molecular weight is 335 g/mol. The van der Waals surface area contributed by atoms with Gasteiger partial charge in [-0.2, -0.15) is 0 Å². The van der Waals surface area contributed by atoms with Crippen molar-refractivity contribution in [2.45, 2.75) is 38.5 Å². The van der Waals surface area contributed by atoms with E-state index in [4.69, 9.17) is 0 Å². The van der Waals surface area contributed by atoms with Crippen LogP contribution in [0.25, 0.3) is 11.0 Å². The summed E-state index contributed by atoms with van der Waals surface area (Å²) < 4.78 is 0. The Labute approximate surface area is 141 Å². The number of benzene rings is 1. The number of aliphatic hydroxyl groups excluding tert-OH is 1. The molecule has 0 saturated carbocycles. The topological polar surface area (TPSA) is 78.0 Å². The van der Waals surface area contributed by atoms with Crippen LogP contribution in [0.3, 0.4) is 0 Å². The minimum atomic E-state index is -0.162. The minimum absolute atomic E-state index is 0.0201. The second-order valence-electron chi connectivity index (χ2n) is 6.17. The Bertz CT molecular complexity index is 609. The largest absolute Gasteiger partial charge is 0.394 e. The molecule has 0 aliphatic carbocycles. The zero-order valence-electron chi connectivity index (χ0n) is 13.9. The lowest BCUT2D eigenvalue weighted by Gasteiger charge is -2.18. The van der Waals surface area contributed by atoms with Crippen molar-refractivity contribution in [3.8, 4) is 0 Å². The van der Waals surface area contributed by atoms with Gasteiger partial charge in [0, 0.05) is 0 Å². The number of nitrogens with one attached hydrogen (secondary N) is 2. The van der Waals surface area contributed by atoms with E-state index >= 15 is 0 Å². The van der Waals surface area contributed by atoms with Gasteiger partial charge in [-0.05, 0) is 31.4 Å². The smallest absolute Gasteiger partial charge is 0.230 e. The Hall–Kier alpha value is -1.53. The van der Waals surface area contributed by atoms with E-state index in [9.17, 15) is 9.90 Å². The molecule has 126 valence electrons. The Kier molecular flexibility index (Phi) is 6.47. The van der Waals surface area contributed by atoms with E-state index in [0.717, 1.165) is 23.3 Å². The molecule has 0 spiro atoms. The van der Waals surface area contributed by atoms with E-state index < -0.39 is 0 Å². The summed E-state index contributed by atoms with van der Waals surface area (Å²) in [6.45, 7) is 6.17. The van der Waals surface area contributed by atoms with E-state index in [0.29, 0.717) is 11.7 Å². The molecule has 23 heavy (non-hydrogen) atoms. The molecule has 1 aromatic carbocycles. The number of aromatic nitrogens is 2. The second kappa shape index (κ2) is 8.36. The van der Waals surface area contributed by atoms with Crippen LogP contribution in [0.15, 0.2) is 24.3 Å². The molecule has 2 unspecified atom stereocenters. The van der Waals surface area contributed by atoms with Gasteiger partial charge in [-0.15, -0.1) is 11.8 Å². The van der Waals surface area contributed by atoms with Gasteiger partial charge in [0.15, 0.2) is 0 Å². The van der Waals surface area contributed by atoms with Crippen molar-refractivity contribution in [3.63, 3.8) is 0 Å². The van der Waals surface area contributed by atoms with Crippen LogP contribution in [-0.4, -0.2) is 39.4 Å². The fraction of sp³-hybridized carbons (Fsp3) is 0.529. The van der Waals surface area contributed by atoms with E-state index in [1.165, 1.54) is 11.8 Å². The first-order chi connectivity index (χ1) is 11.0. The van der Waals surface area contributed by atoms with Gasteiger partial charge < -0.3 is 15.4 Å². The Balaban J connectivity index is 1.85. The first kappa shape index (κ1) is 17.8. The summed E-state index contributed by atoms with van der Waals surface area (Å²) in [5.74, 6) is 1.63. The molecule has 5 nitrogen and oxygen atoms in total. The lowest BCUT2D eigenvalue weighted by Crippen LogP contribution is -2.39. The number of para-hydroxylation sites is 2. The SMILES string of the molecule is CC(C)CC(CO)NC(=O)CSC(C)c1nc2ccccc2[nH]1. The molecule has 2 atom stereocenters. The number of thioether (sulfide) groups is 1. The lowest BCUT2D eigenvalue weighted by atomic mass is 10.0. The molecule has 1 amide bonds. The molecule has 0 aliphatic rings. The average Bonchev–Trinajstić information content (AvgIpc) is 2.95. The van der Waals surface area contributed by atoms with E-state index in [-0.39, 0.29) is 23.8 Å². The number of hydrogen-bond donors (Lipinski definition) is 3. The first-order valence-electron chi connectivity index (χ1n) is 7.96. The summed E-state index contributed by atoms with van der Waals surface area (Å²) in [6.07, 6.45) is 0.784. The van der Waals surface area contributed by atoms with Gasteiger partial charge in [-0.3, -0.25) is 4.79 Å². The highest BCUT2D eigenvalue weighted by Crippen LogP contribution is 2.27. The normalized spacial score (nSPS) is 14.1. The minimum Gasteiger partial charge on any atom is -0.394 e. The van der Waals surface area contributed by atoms with E-state index in [2.05, 4.69) is 29.1 Å². The van der Waals surface area contributed by atoms with Gasteiger partial charge in [0.1, 0.15) is 5.82 Å². The number of imidazole rings is 1. The second-order valence-corrected chi connectivity index (χ2v) is 7.50. The van der Waals surface area contributed by atoms with Crippen LogP contribution in [0.1, 0.15) is 38.3 Å². The van der Waals surface area contributed by atoms with Crippen molar-refractivity contribution in [1.82, 2.24) is 15.3 Å². The van der Waals surface area contributed by atoms with E-state index in [1.54, 1.807) is 0 Å². The van der Waals surface area contributed by atoms with Crippen LogP contribution in [0.5, 0.6) is 0 Å². The Morgan fingerprint density at radius 1 is 1.35 bits per heavy atom. The van der Waals surface area contributed by atoms with Crippen molar-refractivity contribution >= 4 is 28.7 Å². The number of H-pyrrole nitrogens is 1. The summed E-state index contributed by atoms with van der Waals surface area (Å²) >= 11 is 1.54. The predicted octanol–water partition coefficient (Wildman–Crippen LogP) is 2.88. The summed E-state index contributed by atoms with van der Waals surface area (Å²) in [7, 11) is 0. The molecule has 0 radical (unpaired) electrons. The molecule has 0 fully saturated rings. The molecule has 3 N–H and O–H groups in total. The summed E-state index contributed by atoms with van der Waals surface area (Å²) in [5, 5.41) is 12.3. The van der Waals surface area contributed by atoms with Gasteiger partial charge in [0.05, 0.1) is 34.7 Å². The number of hydrogen-bond acceptors (Lipinski definition) is 4. The molecule has 0 aliphatic heterocycles. The fourth-order valence-corrected chi connectivity index (χ4v) is 3.22.